The van der Waals surface area contributed by atoms with Gasteiger partial charge < -0.3 is 4.74 Å². The topological polar surface area (TPSA) is 61.2 Å². The van der Waals surface area contributed by atoms with E-state index in [1.807, 2.05) is 37.3 Å². The molecule has 1 aliphatic rings. The van der Waals surface area contributed by atoms with Crippen LogP contribution in [0.2, 0.25) is 0 Å². The number of esters is 1. The third-order valence-corrected chi connectivity index (χ3v) is 6.49. The Balaban J connectivity index is 1.61. The Bertz CT molecular complexity index is 1050. The van der Waals surface area contributed by atoms with E-state index in [0.29, 0.717) is 16.1 Å². The van der Waals surface area contributed by atoms with Crippen LogP contribution in [0.3, 0.4) is 0 Å². The van der Waals surface area contributed by atoms with Gasteiger partial charge in [-0.05, 0) is 44.1 Å². The van der Waals surface area contributed by atoms with Crippen LogP contribution in [-0.2, 0) is 16.1 Å². The van der Waals surface area contributed by atoms with Crippen LogP contribution in [0.5, 0.6) is 0 Å². The van der Waals surface area contributed by atoms with Gasteiger partial charge in [-0.3, -0.25) is 14.2 Å². The molecule has 1 aromatic carbocycles. The molecule has 1 saturated carbocycles. The third-order valence-electron chi connectivity index (χ3n) is 5.48. The first-order chi connectivity index (χ1) is 13.5. The number of carbonyl (C=O) groups excluding carboxylic acids is 1. The molecular formula is C22H24N2O3S. The molecule has 0 radical (unpaired) electrons. The van der Waals surface area contributed by atoms with Crippen molar-refractivity contribution in [2.75, 3.05) is 0 Å². The Morgan fingerprint density at radius 1 is 1.21 bits per heavy atom. The first-order valence-electron chi connectivity index (χ1n) is 9.76. The molecule has 28 heavy (non-hydrogen) atoms. The van der Waals surface area contributed by atoms with Crippen molar-refractivity contribution in [1.29, 1.82) is 0 Å². The molecule has 5 nitrogen and oxygen atoms in total. The predicted molar refractivity (Wildman–Crippen MR) is 112 cm³/mol. The SMILES string of the molecule is Cc1sc2ncn(CC(=O)OC3CCC(C)CC3)c(=O)c2c1-c1ccccc1. The minimum Gasteiger partial charge on any atom is -0.461 e. The van der Waals surface area contributed by atoms with Crippen molar-refractivity contribution >= 4 is 27.5 Å². The van der Waals surface area contributed by atoms with E-state index in [2.05, 4.69) is 11.9 Å². The number of nitrogens with zero attached hydrogens (tertiary/aromatic N) is 2. The first kappa shape index (κ1) is 18.9. The summed E-state index contributed by atoms with van der Waals surface area (Å²) in [6, 6.07) is 9.84. The first-order valence-corrected chi connectivity index (χ1v) is 10.6. The van der Waals surface area contributed by atoms with Gasteiger partial charge in [0.15, 0.2) is 0 Å². The fourth-order valence-corrected chi connectivity index (χ4v) is 4.92. The number of fused-ring (bicyclic) bond motifs is 1. The zero-order valence-electron chi connectivity index (χ0n) is 16.2. The molecule has 0 aliphatic heterocycles. The van der Waals surface area contributed by atoms with E-state index in [9.17, 15) is 9.59 Å². The molecule has 2 heterocycles. The standard InChI is InChI=1S/C22H24N2O3S/c1-14-8-10-17(11-9-14)27-18(25)12-24-13-23-21-20(22(24)26)19(15(2)28-21)16-6-4-3-5-7-16/h3-7,13-14,17H,8-12H2,1-2H3. The lowest BCUT2D eigenvalue weighted by Crippen LogP contribution is -2.29. The molecule has 3 aromatic rings. The molecule has 4 rings (SSSR count). The number of hydrogen-bond acceptors (Lipinski definition) is 5. The summed E-state index contributed by atoms with van der Waals surface area (Å²) in [7, 11) is 0. The Hall–Kier alpha value is -2.47. The summed E-state index contributed by atoms with van der Waals surface area (Å²) in [5.74, 6) is 0.332. The molecule has 146 valence electrons. The maximum absolute atomic E-state index is 13.1. The number of carbonyl (C=O) groups is 1. The van der Waals surface area contributed by atoms with E-state index in [1.54, 1.807) is 0 Å². The maximum atomic E-state index is 13.1. The Morgan fingerprint density at radius 2 is 1.93 bits per heavy atom. The number of aromatic nitrogens is 2. The van der Waals surface area contributed by atoms with Gasteiger partial charge in [-0.25, -0.2) is 4.98 Å². The van der Waals surface area contributed by atoms with Crippen LogP contribution in [0.15, 0.2) is 41.5 Å². The number of thiophene rings is 1. The molecule has 0 amide bonds. The number of rotatable bonds is 4. The van der Waals surface area contributed by atoms with Crippen molar-refractivity contribution in [3.8, 4) is 11.1 Å². The highest BCUT2D eigenvalue weighted by Gasteiger charge is 2.22. The second kappa shape index (κ2) is 7.87. The largest absolute Gasteiger partial charge is 0.461 e. The van der Waals surface area contributed by atoms with Gasteiger partial charge >= 0.3 is 5.97 Å². The molecule has 6 heteroatoms. The van der Waals surface area contributed by atoms with Gasteiger partial charge in [0.25, 0.3) is 5.56 Å². The van der Waals surface area contributed by atoms with Crippen LogP contribution in [0.4, 0.5) is 0 Å². The molecule has 0 spiro atoms. The van der Waals surface area contributed by atoms with Gasteiger partial charge in [-0.15, -0.1) is 11.3 Å². The van der Waals surface area contributed by atoms with Crippen molar-refractivity contribution < 1.29 is 9.53 Å². The Morgan fingerprint density at radius 3 is 2.64 bits per heavy atom. The average Bonchev–Trinajstić information content (AvgIpc) is 3.03. The highest BCUT2D eigenvalue weighted by molar-refractivity contribution is 7.19. The lowest BCUT2D eigenvalue weighted by Gasteiger charge is -2.26. The van der Waals surface area contributed by atoms with Crippen LogP contribution in [0.1, 0.15) is 37.5 Å². The minimum atomic E-state index is -0.365. The Labute approximate surface area is 168 Å². The number of benzene rings is 1. The lowest BCUT2D eigenvalue weighted by atomic mass is 9.89. The van der Waals surface area contributed by atoms with Crippen LogP contribution < -0.4 is 5.56 Å². The van der Waals surface area contributed by atoms with Gasteiger partial charge in [0.05, 0.1) is 11.7 Å². The lowest BCUT2D eigenvalue weighted by molar-refractivity contribution is -0.151. The highest BCUT2D eigenvalue weighted by Crippen LogP contribution is 2.35. The average molecular weight is 397 g/mol. The third kappa shape index (κ3) is 3.74. The molecule has 0 saturated heterocycles. The second-order valence-corrected chi connectivity index (χ2v) is 8.83. The van der Waals surface area contributed by atoms with E-state index in [-0.39, 0.29) is 24.2 Å². The van der Waals surface area contributed by atoms with Gasteiger partial charge in [-0.2, -0.15) is 0 Å². The zero-order chi connectivity index (χ0) is 19.7. The molecule has 0 unspecified atom stereocenters. The molecule has 1 fully saturated rings. The normalized spacial score (nSPS) is 19.6. The quantitative estimate of drug-likeness (QED) is 0.607. The number of ether oxygens (including phenoxy) is 1. The highest BCUT2D eigenvalue weighted by atomic mass is 32.1. The zero-order valence-corrected chi connectivity index (χ0v) is 17.0. The Kier molecular flexibility index (Phi) is 5.31. The summed E-state index contributed by atoms with van der Waals surface area (Å²) < 4.78 is 6.98. The van der Waals surface area contributed by atoms with Gasteiger partial charge in [0, 0.05) is 10.4 Å². The van der Waals surface area contributed by atoms with E-state index in [0.717, 1.165) is 41.7 Å². The fourth-order valence-electron chi connectivity index (χ4n) is 3.91. The fraction of sp³-hybridized carbons (Fsp3) is 0.409. The van der Waals surface area contributed by atoms with Crippen LogP contribution in [0.25, 0.3) is 21.3 Å². The van der Waals surface area contributed by atoms with Gasteiger partial charge in [0.1, 0.15) is 17.5 Å². The van der Waals surface area contributed by atoms with Crippen molar-refractivity contribution in [1.82, 2.24) is 9.55 Å². The summed E-state index contributed by atoms with van der Waals surface area (Å²) in [6.07, 6.45) is 5.40. The van der Waals surface area contributed by atoms with Crippen LogP contribution in [-0.4, -0.2) is 21.6 Å². The monoisotopic (exact) mass is 396 g/mol. The maximum Gasteiger partial charge on any atom is 0.326 e. The molecule has 0 atom stereocenters. The van der Waals surface area contributed by atoms with Crippen LogP contribution >= 0.6 is 11.3 Å². The second-order valence-electron chi connectivity index (χ2n) is 7.63. The molecule has 0 bridgehead atoms. The van der Waals surface area contributed by atoms with Crippen LogP contribution in [0, 0.1) is 12.8 Å². The van der Waals surface area contributed by atoms with E-state index in [1.165, 1.54) is 22.2 Å². The van der Waals surface area contributed by atoms with E-state index < -0.39 is 0 Å². The summed E-state index contributed by atoms with van der Waals surface area (Å²) >= 11 is 1.50. The van der Waals surface area contributed by atoms with E-state index in [4.69, 9.17) is 4.74 Å². The smallest absolute Gasteiger partial charge is 0.326 e. The van der Waals surface area contributed by atoms with Crippen molar-refractivity contribution in [2.45, 2.75) is 52.2 Å². The van der Waals surface area contributed by atoms with Gasteiger partial charge in [0.2, 0.25) is 0 Å². The van der Waals surface area contributed by atoms with Crippen molar-refractivity contribution in [2.24, 2.45) is 5.92 Å². The summed E-state index contributed by atoms with van der Waals surface area (Å²) in [6.45, 7) is 4.12. The van der Waals surface area contributed by atoms with Gasteiger partial charge in [-0.1, -0.05) is 37.3 Å². The predicted octanol–water partition coefficient (Wildman–Crippen LogP) is 4.56. The van der Waals surface area contributed by atoms with Crippen molar-refractivity contribution in [3.63, 3.8) is 0 Å². The minimum absolute atomic E-state index is 0.0284. The molecule has 2 aromatic heterocycles. The summed E-state index contributed by atoms with van der Waals surface area (Å²) in [5.41, 5.74) is 1.70. The number of hydrogen-bond donors (Lipinski definition) is 0. The molecule has 1 aliphatic carbocycles. The number of aryl methyl sites for hydroxylation is 1. The molecular weight excluding hydrogens is 372 g/mol. The summed E-state index contributed by atoms with van der Waals surface area (Å²) in [5, 5.41) is 0.579. The summed E-state index contributed by atoms with van der Waals surface area (Å²) in [4.78, 5) is 31.7. The van der Waals surface area contributed by atoms with E-state index >= 15 is 0 Å². The van der Waals surface area contributed by atoms with Crippen molar-refractivity contribution in [3.05, 3.63) is 51.9 Å². The molecule has 0 N–H and O–H groups in total.